The second-order valence-electron chi connectivity index (χ2n) is 5.69. The highest BCUT2D eigenvalue weighted by Gasteiger charge is 2.40. The van der Waals surface area contributed by atoms with Crippen molar-refractivity contribution in [1.82, 2.24) is 20.7 Å². The Labute approximate surface area is 115 Å². The Morgan fingerprint density at radius 2 is 1.89 bits per heavy atom. The first-order valence-electron chi connectivity index (χ1n) is 7.10. The average Bonchev–Trinajstić information content (AvgIpc) is 2.43. The van der Waals surface area contributed by atoms with Gasteiger partial charge >= 0.3 is 0 Å². The Kier molecular flexibility index (Phi) is 5.15. The maximum Gasteiger partial charge on any atom is 0.242 e. The second kappa shape index (κ2) is 6.65. The van der Waals surface area contributed by atoms with Crippen LogP contribution in [-0.4, -0.2) is 75.8 Å². The molecular formula is C13H26N4O2. The summed E-state index contributed by atoms with van der Waals surface area (Å²) in [5, 5.41) is 5.35. The van der Waals surface area contributed by atoms with E-state index in [9.17, 15) is 4.79 Å². The van der Waals surface area contributed by atoms with Crippen LogP contribution in [0.15, 0.2) is 0 Å². The van der Waals surface area contributed by atoms with Crippen LogP contribution in [0.4, 0.5) is 0 Å². The average molecular weight is 270 g/mol. The van der Waals surface area contributed by atoms with Gasteiger partial charge < -0.3 is 15.0 Å². The number of nitrogens with one attached hydrogen (secondary N) is 2. The van der Waals surface area contributed by atoms with Crippen LogP contribution in [0.2, 0.25) is 0 Å². The third kappa shape index (κ3) is 3.66. The summed E-state index contributed by atoms with van der Waals surface area (Å²) in [4.78, 5) is 14.9. The third-order valence-electron chi connectivity index (χ3n) is 4.23. The van der Waals surface area contributed by atoms with Crippen LogP contribution < -0.4 is 10.7 Å². The minimum atomic E-state index is -0.358. The van der Waals surface area contributed by atoms with Crippen LogP contribution in [0.1, 0.15) is 12.8 Å². The number of likely N-dealkylation sites (N-methyl/N-ethyl adjacent to an activating group) is 1. The number of piperidine rings is 1. The highest BCUT2D eigenvalue weighted by Crippen LogP contribution is 2.29. The molecule has 0 spiro atoms. The Morgan fingerprint density at radius 1 is 1.26 bits per heavy atom. The number of rotatable bonds is 4. The summed E-state index contributed by atoms with van der Waals surface area (Å²) in [5.74, 6) is 0.125. The predicted molar refractivity (Wildman–Crippen MR) is 73.6 cm³/mol. The molecule has 2 saturated heterocycles. The van der Waals surface area contributed by atoms with Gasteiger partial charge in [-0.05, 0) is 33.0 Å². The molecule has 0 aromatic rings. The van der Waals surface area contributed by atoms with Crippen molar-refractivity contribution in [2.24, 2.45) is 5.41 Å². The standard InChI is InChI=1S/C13H26N4O2/c1-16-7-9-17(10-8-16)15-12(18)13(11-19-2)3-5-14-6-4-13/h14H,3-11H2,1-2H3,(H,15,18). The molecule has 0 atom stereocenters. The SMILES string of the molecule is COCC1(C(=O)NN2CCN(C)CC2)CCNCC1. The molecular weight excluding hydrogens is 244 g/mol. The number of amides is 1. The molecule has 6 heteroatoms. The third-order valence-corrected chi connectivity index (χ3v) is 4.23. The summed E-state index contributed by atoms with van der Waals surface area (Å²) in [6, 6.07) is 0. The maximum atomic E-state index is 12.6. The monoisotopic (exact) mass is 270 g/mol. The van der Waals surface area contributed by atoms with Crippen LogP contribution >= 0.6 is 0 Å². The number of methoxy groups -OCH3 is 1. The first-order chi connectivity index (χ1) is 9.16. The number of piperazine rings is 1. The van der Waals surface area contributed by atoms with Gasteiger partial charge in [0, 0.05) is 33.3 Å². The zero-order chi connectivity index (χ0) is 13.7. The summed E-state index contributed by atoms with van der Waals surface area (Å²) in [6.45, 7) is 6.07. The van der Waals surface area contributed by atoms with Crippen LogP contribution in [0.3, 0.4) is 0 Å². The zero-order valence-electron chi connectivity index (χ0n) is 12.1. The van der Waals surface area contributed by atoms with Crippen LogP contribution in [-0.2, 0) is 9.53 Å². The molecule has 0 aromatic heterocycles. The fourth-order valence-corrected chi connectivity index (χ4v) is 2.80. The molecule has 6 nitrogen and oxygen atoms in total. The lowest BCUT2D eigenvalue weighted by Gasteiger charge is -2.39. The summed E-state index contributed by atoms with van der Waals surface area (Å²) in [7, 11) is 3.78. The van der Waals surface area contributed by atoms with Gasteiger partial charge in [-0.15, -0.1) is 0 Å². The predicted octanol–water partition coefficient (Wildman–Crippen LogP) is -0.719. The van der Waals surface area contributed by atoms with E-state index in [4.69, 9.17) is 4.74 Å². The van der Waals surface area contributed by atoms with Gasteiger partial charge in [-0.3, -0.25) is 10.2 Å². The van der Waals surface area contributed by atoms with Gasteiger partial charge in [0.1, 0.15) is 0 Å². The molecule has 0 aromatic carbocycles. The zero-order valence-corrected chi connectivity index (χ0v) is 12.1. The molecule has 0 radical (unpaired) electrons. The lowest BCUT2D eigenvalue weighted by atomic mass is 9.79. The first kappa shape index (κ1) is 14.7. The van der Waals surface area contributed by atoms with E-state index < -0.39 is 0 Å². The topological polar surface area (TPSA) is 56.8 Å². The molecule has 0 saturated carbocycles. The molecule has 2 heterocycles. The van der Waals surface area contributed by atoms with Gasteiger partial charge in [-0.2, -0.15) is 0 Å². The molecule has 2 fully saturated rings. The first-order valence-corrected chi connectivity index (χ1v) is 7.10. The number of hydrogen-bond donors (Lipinski definition) is 2. The van der Waals surface area contributed by atoms with Crippen LogP contribution in [0, 0.1) is 5.41 Å². The van der Waals surface area contributed by atoms with Crippen LogP contribution in [0.5, 0.6) is 0 Å². The molecule has 0 bridgehead atoms. The van der Waals surface area contributed by atoms with Gasteiger partial charge in [0.2, 0.25) is 5.91 Å². The molecule has 2 N–H and O–H groups in total. The van der Waals surface area contributed by atoms with E-state index in [0.717, 1.165) is 52.1 Å². The molecule has 1 amide bonds. The highest BCUT2D eigenvalue weighted by atomic mass is 16.5. The van der Waals surface area contributed by atoms with Crippen molar-refractivity contribution in [2.75, 3.05) is 60.0 Å². The Bertz CT molecular complexity index is 292. The summed E-state index contributed by atoms with van der Waals surface area (Å²) >= 11 is 0. The lowest BCUT2D eigenvalue weighted by Crippen LogP contribution is -2.58. The number of carbonyl (C=O) groups excluding carboxylic acids is 1. The fraction of sp³-hybridized carbons (Fsp3) is 0.923. The van der Waals surface area contributed by atoms with Gasteiger partial charge in [0.05, 0.1) is 12.0 Å². The van der Waals surface area contributed by atoms with E-state index in [-0.39, 0.29) is 11.3 Å². The van der Waals surface area contributed by atoms with E-state index >= 15 is 0 Å². The number of carbonyl (C=O) groups is 1. The van der Waals surface area contributed by atoms with E-state index in [2.05, 4.69) is 22.7 Å². The summed E-state index contributed by atoms with van der Waals surface area (Å²) in [5.41, 5.74) is 2.74. The highest BCUT2D eigenvalue weighted by molar-refractivity contribution is 5.82. The molecule has 2 aliphatic heterocycles. The van der Waals surface area contributed by atoms with Crippen molar-refractivity contribution in [3.8, 4) is 0 Å². The normalized spacial score (nSPS) is 25.2. The summed E-state index contributed by atoms with van der Waals surface area (Å²) in [6.07, 6.45) is 1.70. The Balaban J connectivity index is 1.92. The van der Waals surface area contributed by atoms with Gasteiger partial charge in [0.25, 0.3) is 0 Å². The Morgan fingerprint density at radius 3 is 2.47 bits per heavy atom. The second-order valence-corrected chi connectivity index (χ2v) is 5.69. The van der Waals surface area contributed by atoms with Crippen molar-refractivity contribution < 1.29 is 9.53 Å². The molecule has 110 valence electrons. The maximum absolute atomic E-state index is 12.6. The summed E-state index contributed by atoms with van der Waals surface area (Å²) < 4.78 is 5.30. The Hall–Kier alpha value is -0.690. The van der Waals surface area contributed by atoms with E-state index in [1.807, 2.05) is 5.01 Å². The number of hydrazine groups is 1. The quantitative estimate of drug-likeness (QED) is 0.706. The van der Waals surface area contributed by atoms with Crippen molar-refractivity contribution in [3.63, 3.8) is 0 Å². The smallest absolute Gasteiger partial charge is 0.242 e. The van der Waals surface area contributed by atoms with E-state index in [1.54, 1.807) is 7.11 Å². The van der Waals surface area contributed by atoms with E-state index in [0.29, 0.717) is 6.61 Å². The lowest BCUT2D eigenvalue weighted by molar-refractivity contribution is -0.142. The van der Waals surface area contributed by atoms with Crippen molar-refractivity contribution in [2.45, 2.75) is 12.8 Å². The van der Waals surface area contributed by atoms with Gasteiger partial charge in [-0.1, -0.05) is 0 Å². The van der Waals surface area contributed by atoms with Gasteiger partial charge in [0.15, 0.2) is 0 Å². The van der Waals surface area contributed by atoms with Gasteiger partial charge in [-0.25, -0.2) is 5.01 Å². The van der Waals surface area contributed by atoms with Crippen molar-refractivity contribution >= 4 is 5.91 Å². The molecule has 0 unspecified atom stereocenters. The minimum Gasteiger partial charge on any atom is -0.384 e. The number of hydrogen-bond acceptors (Lipinski definition) is 5. The van der Waals surface area contributed by atoms with Crippen LogP contribution in [0.25, 0.3) is 0 Å². The molecule has 2 rings (SSSR count). The molecule has 0 aliphatic carbocycles. The number of ether oxygens (including phenoxy) is 1. The van der Waals surface area contributed by atoms with E-state index in [1.165, 1.54) is 0 Å². The van der Waals surface area contributed by atoms with Crippen molar-refractivity contribution in [3.05, 3.63) is 0 Å². The molecule has 2 aliphatic rings. The largest absolute Gasteiger partial charge is 0.384 e. The fourth-order valence-electron chi connectivity index (χ4n) is 2.80. The minimum absolute atomic E-state index is 0.125. The number of nitrogens with zero attached hydrogens (tertiary/aromatic N) is 2. The molecule has 19 heavy (non-hydrogen) atoms. The van der Waals surface area contributed by atoms with Crippen molar-refractivity contribution in [1.29, 1.82) is 0 Å².